The van der Waals surface area contributed by atoms with E-state index < -0.39 is 0 Å². The van der Waals surface area contributed by atoms with E-state index in [2.05, 4.69) is 156 Å². The topological polar surface area (TPSA) is 57.4 Å². The number of benzene rings is 4. The van der Waals surface area contributed by atoms with E-state index in [0.717, 1.165) is 89.4 Å². The van der Waals surface area contributed by atoms with Crippen molar-refractivity contribution in [1.82, 2.24) is 19.9 Å². The van der Waals surface area contributed by atoms with Crippen LogP contribution >= 0.6 is 0 Å². The summed E-state index contributed by atoms with van der Waals surface area (Å²) in [4.78, 5) is 18.3. The summed E-state index contributed by atoms with van der Waals surface area (Å²) < 4.78 is 0. The number of rotatable bonds is 4. The minimum atomic E-state index is 0. The third-order valence-electron chi connectivity index (χ3n) is 9.00. The Morgan fingerprint density at radius 2 is 0.500 bits per heavy atom. The van der Waals surface area contributed by atoms with Crippen LogP contribution in [0.15, 0.2) is 146 Å². The zero-order valence-corrected chi connectivity index (χ0v) is 33.3. The number of hydrogen-bond donors (Lipinski definition) is 2. The van der Waals surface area contributed by atoms with Crippen LogP contribution in [0.1, 0.15) is 22.8 Å². The van der Waals surface area contributed by atoms with Crippen LogP contribution in [-0.4, -0.2) is 45.8 Å². The van der Waals surface area contributed by atoms with Gasteiger partial charge < -0.3 is 47.2 Å². The van der Waals surface area contributed by atoms with Gasteiger partial charge in [-0.1, -0.05) is 121 Å². The molecule has 8 bridgehead atoms. The third-order valence-corrected chi connectivity index (χ3v) is 9.00. The first kappa shape index (κ1) is 38.5. The second-order valence-electron chi connectivity index (χ2n) is 12.0. The maximum atomic E-state index is 5.35. The maximum absolute atomic E-state index is 5.35. The van der Waals surface area contributed by atoms with Gasteiger partial charge in [0.05, 0.1) is 22.8 Å². The van der Waals surface area contributed by atoms with E-state index in [1.807, 2.05) is 24.3 Å². The molecule has 0 amide bonds. The van der Waals surface area contributed by atoms with Gasteiger partial charge in [0.1, 0.15) is 0 Å². The average molecular weight is 836 g/mol. The van der Waals surface area contributed by atoms with E-state index in [9.17, 15) is 0 Å². The number of H-pyrrole nitrogens is 2. The van der Waals surface area contributed by atoms with Gasteiger partial charge >= 0.3 is 25.8 Å². The largest absolute Gasteiger partial charge is 3.00 e. The molecule has 0 atom stereocenters. The molecule has 0 radical (unpaired) electrons. The van der Waals surface area contributed by atoms with Crippen LogP contribution in [0.25, 0.3) is 90.9 Å². The predicted molar refractivity (Wildman–Crippen MR) is 206 cm³/mol. The van der Waals surface area contributed by atoms with Crippen LogP contribution in [0.3, 0.4) is 0 Å². The van der Waals surface area contributed by atoms with Gasteiger partial charge in [0.25, 0.3) is 0 Å². The summed E-state index contributed by atoms with van der Waals surface area (Å²) in [5.41, 5.74) is 16.2. The predicted octanol–water partition coefficient (Wildman–Crippen LogP) is 1.95. The molecule has 0 aliphatic carbocycles. The summed E-state index contributed by atoms with van der Waals surface area (Å²) >= 11 is 0. The van der Waals surface area contributed by atoms with Crippen LogP contribution in [-0.2, 0) is 0 Å². The first-order valence-corrected chi connectivity index (χ1v) is 16.2. The number of nitrogens with zero attached hydrogens (tertiary/aromatic N) is 2. The fourth-order valence-corrected chi connectivity index (χ4v) is 6.84. The normalized spacial score (nSPS) is 11.1. The molecule has 0 unspecified atom stereocenters. The summed E-state index contributed by atoms with van der Waals surface area (Å²) in [5, 5.41) is 0. The molecule has 7 aromatic rings. The monoisotopic (exact) mass is 834 g/mol. The number of aromatic amines is 2. The zero-order valence-electron chi connectivity index (χ0n) is 27.8. The fraction of sp³-hybridized carbons (Fsp3) is 0. The molecule has 4 aromatic carbocycles. The Morgan fingerprint density at radius 1 is 0.288 bits per heavy atom. The van der Waals surface area contributed by atoms with Crippen molar-refractivity contribution in [2.75, 3.05) is 0 Å². The Morgan fingerprint density at radius 3 is 0.712 bits per heavy atom. The Kier molecular flexibility index (Phi) is 12.4. The molecule has 2 aliphatic rings. The Bertz CT molecular complexity index is 2200. The summed E-state index contributed by atoms with van der Waals surface area (Å²) in [6, 6.07) is 50.7. The van der Waals surface area contributed by atoms with Crippen molar-refractivity contribution in [2.45, 2.75) is 0 Å². The Hall–Kier alpha value is -4.78. The minimum absolute atomic E-state index is 0. The van der Waals surface area contributed by atoms with Crippen LogP contribution in [0.4, 0.5) is 0 Å². The van der Waals surface area contributed by atoms with Crippen LogP contribution in [0.2, 0.25) is 0 Å². The molecule has 9 rings (SSSR count). The summed E-state index contributed by atoms with van der Waals surface area (Å²) in [7, 11) is 0. The molecule has 0 spiro atoms. The summed E-state index contributed by atoms with van der Waals surface area (Å²) in [5.74, 6) is 0. The number of aromatic nitrogens is 4. The molecule has 52 heavy (non-hydrogen) atoms. The van der Waals surface area contributed by atoms with E-state index in [1.54, 1.807) is 0 Å². The quantitative estimate of drug-likeness (QED) is 0.285. The zero-order chi connectivity index (χ0) is 31.9. The molecule has 0 saturated heterocycles. The van der Waals surface area contributed by atoms with Gasteiger partial charge in [0.15, 0.2) is 0 Å². The van der Waals surface area contributed by atoms with E-state index in [1.165, 1.54) is 0 Å². The molecule has 8 heteroatoms. The second kappa shape index (κ2) is 16.7. The van der Waals surface area contributed by atoms with Crippen molar-refractivity contribution in [2.24, 2.45) is 0 Å². The Balaban J connectivity index is 0.00000131. The molecular weight excluding hydrogens is 806 g/mol. The van der Waals surface area contributed by atoms with Crippen molar-refractivity contribution in [1.29, 1.82) is 0 Å². The maximum Gasteiger partial charge on any atom is 3.00 e. The molecule has 2 N–H and O–H groups in total. The van der Waals surface area contributed by atoms with E-state index in [4.69, 9.17) is 9.97 Å². The van der Waals surface area contributed by atoms with Crippen molar-refractivity contribution >= 4 is 72.2 Å². The standard InChI is InChI=1S/C44H30N4.3ClH.In/c1-5-13-29(14-6-1)41-33-21-23-35(45-33)42(30-15-7-2-8-16-30)37-25-27-39(47-37)44(32-19-11-4-12-20-32)40-28-26-38(48-40)43(31-17-9-3-10-18-31)36-24-22-34(41)46-36;;;;/h1-28,45,48H;3*1H;/q;;;;+3/p-3. The molecule has 0 saturated carbocycles. The number of fused-ring (bicyclic) bond motifs is 8. The first-order valence-electron chi connectivity index (χ1n) is 16.2. The molecule has 4 nitrogen and oxygen atoms in total. The van der Waals surface area contributed by atoms with E-state index in [-0.39, 0.29) is 63.1 Å². The number of halogens is 3. The molecular formula is C44H30Cl3InN4. The van der Waals surface area contributed by atoms with Crippen molar-refractivity contribution in [3.05, 3.63) is 168 Å². The number of hydrogen-bond acceptors (Lipinski definition) is 2. The van der Waals surface area contributed by atoms with Crippen LogP contribution in [0, 0.1) is 0 Å². The average Bonchev–Trinajstić information content (AvgIpc) is 3.98. The first-order chi connectivity index (χ1) is 23.8. The van der Waals surface area contributed by atoms with E-state index in [0.29, 0.717) is 0 Å². The smallest absolute Gasteiger partial charge is 1.00 e. The van der Waals surface area contributed by atoms with Crippen molar-refractivity contribution in [3.8, 4) is 44.5 Å². The molecule has 250 valence electrons. The van der Waals surface area contributed by atoms with Crippen molar-refractivity contribution < 1.29 is 37.2 Å². The van der Waals surface area contributed by atoms with E-state index >= 15 is 0 Å². The van der Waals surface area contributed by atoms with Gasteiger partial charge in [-0.15, -0.1) is 0 Å². The molecule has 3 aromatic heterocycles. The second-order valence-corrected chi connectivity index (χ2v) is 12.0. The minimum Gasteiger partial charge on any atom is -1.00 e. The van der Waals surface area contributed by atoms with Crippen LogP contribution in [0.5, 0.6) is 0 Å². The van der Waals surface area contributed by atoms with Crippen molar-refractivity contribution in [3.63, 3.8) is 0 Å². The molecule has 0 fully saturated rings. The third kappa shape index (κ3) is 7.15. The summed E-state index contributed by atoms with van der Waals surface area (Å²) in [6.07, 6.45) is 8.54. The Labute approximate surface area is 339 Å². The molecule has 5 heterocycles. The SMILES string of the molecule is C1=Cc2nc1c(-c1ccccc1)c1ccc([nH]1)c(-c1ccccc1)c1nc(c(-c3ccccc3)c3ccc([nH]3)c2-c2ccccc2)C=C1.[Cl-].[Cl-].[Cl-].[In+3]. The van der Waals surface area contributed by atoms with Gasteiger partial charge in [-0.25, -0.2) is 9.97 Å². The molecule has 2 aliphatic heterocycles. The van der Waals surface area contributed by atoms with Gasteiger partial charge in [-0.3, -0.25) is 0 Å². The van der Waals surface area contributed by atoms with Gasteiger partial charge in [0, 0.05) is 44.3 Å². The fourth-order valence-electron chi connectivity index (χ4n) is 6.84. The van der Waals surface area contributed by atoms with Gasteiger partial charge in [-0.05, 0) is 70.8 Å². The summed E-state index contributed by atoms with van der Waals surface area (Å²) in [6.45, 7) is 0. The van der Waals surface area contributed by atoms with Gasteiger partial charge in [-0.2, -0.15) is 0 Å². The van der Waals surface area contributed by atoms with Crippen LogP contribution < -0.4 is 37.2 Å². The van der Waals surface area contributed by atoms with Gasteiger partial charge in [0.2, 0.25) is 0 Å². The number of nitrogens with one attached hydrogen (secondary N) is 2.